The summed E-state index contributed by atoms with van der Waals surface area (Å²) in [7, 11) is 0. The van der Waals surface area contributed by atoms with Crippen LogP contribution < -0.4 is 5.32 Å². The Kier molecular flexibility index (Phi) is 5.85. The van der Waals surface area contributed by atoms with Crippen molar-refractivity contribution in [3.05, 3.63) is 38.3 Å². The van der Waals surface area contributed by atoms with Crippen LogP contribution in [0.25, 0.3) is 11.3 Å². The predicted octanol–water partition coefficient (Wildman–Crippen LogP) is 5.03. The zero-order valence-electron chi connectivity index (χ0n) is 12.5. The summed E-state index contributed by atoms with van der Waals surface area (Å²) >= 11 is 5.86. The lowest BCUT2D eigenvalue weighted by Gasteiger charge is -2.20. The number of halogens is 2. The molecule has 3 nitrogen and oxygen atoms in total. The normalized spacial score (nSPS) is 11.9. The van der Waals surface area contributed by atoms with Crippen LogP contribution in [-0.4, -0.2) is 17.1 Å². The smallest absolute Gasteiger partial charge is 0.194 e. The molecule has 1 N–H and O–H groups in total. The molecule has 0 radical (unpaired) electrons. The first kappa shape index (κ1) is 17.0. The van der Waals surface area contributed by atoms with Crippen molar-refractivity contribution < 1.29 is 4.42 Å². The molecule has 1 aromatic carbocycles. The summed E-state index contributed by atoms with van der Waals surface area (Å²) in [5.41, 5.74) is 1.21. The van der Waals surface area contributed by atoms with Crippen LogP contribution in [0.2, 0.25) is 0 Å². The van der Waals surface area contributed by atoms with Crippen molar-refractivity contribution >= 4 is 38.5 Å². The van der Waals surface area contributed by atoms with Gasteiger partial charge in [0.15, 0.2) is 11.7 Å². The highest BCUT2D eigenvalue weighted by Gasteiger charge is 2.11. The number of hydrogen-bond acceptors (Lipinski definition) is 3. The molecule has 2 aromatic rings. The van der Waals surface area contributed by atoms with Gasteiger partial charge in [-0.1, -0.05) is 15.9 Å². The first-order valence-electron chi connectivity index (χ1n) is 7.00. The minimum Gasteiger partial charge on any atom is -0.441 e. The van der Waals surface area contributed by atoms with Crippen LogP contribution in [-0.2, 0) is 6.42 Å². The lowest BCUT2D eigenvalue weighted by molar-refractivity contribution is 0.412. The molecular weight excluding hydrogens is 443 g/mol. The van der Waals surface area contributed by atoms with E-state index in [1.807, 2.05) is 12.3 Å². The number of hydrogen-bond donors (Lipinski definition) is 1. The largest absolute Gasteiger partial charge is 0.441 e. The van der Waals surface area contributed by atoms with Crippen molar-refractivity contribution in [2.24, 2.45) is 0 Å². The second-order valence-corrected chi connectivity index (χ2v) is 8.12. The van der Waals surface area contributed by atoms with Gasteiger partial charge in [0.1, 0.15) is 0 Å². The molecule has 0 bridgehead atoms. The van der Waals surface area contributed by atoms with Crippen LogP contribution in [0.5, 0.6) is 0 Å². The summed E-state index contributed by atoms with van der Waals surface area (Å²) in [6.45, 7) is 7.48. The Bertz CT molecular complexity index is 605. The number of nitrogens with zero attached hydrogens (tertiary/aromatic N) is 1. The Morgan fingerprint density at radius 3 is 2.81 bits per heavy atom. The minimum absolute atomic E-state index is 0.160. The molecule has 5 heteroatoms. The summed E-state index contributed by atoms with van der Waals surface area (Å²) in [5, 5.41) is 3.47. The van der Waals surface area contributed by atoms with E-state index in [1.165, 1.54) is 3.57 Å². The van der Waals surface area contributed by atoms with Gasteiger partial charge in [0.2, 0.25) is 0 Å². The topological polar surface area (TPSA) is 38.1 Å². The first-order chi connectivity index (χ1) is 9.85. The monoisotopic (exact) mass is 462 g/mol. The highest BCUT2D eigenvalue weighted by Crippen LogP contribution is 2.30. The van der Waals surface area contributed by atoms with E-state index in [0.29, 0.717) is 0 Å². The third-order valence-corrected chi connectivity index (χ3v) is 4.33. The van der Waals surface area contributed by atoms with Gasteiger partial charge >= 0.3 is 0 Å². The van der Waals surface area contributed by atoms with Crippen molar-refractivity contribution in [1.29, 1.82) is 0 Å². The average Bonchev–Trinajstić information content (AvgIpc) is 2.85. The molecule has 0 amide bonds. The summed E-state index contributed by atoms with van der Waals surface area (Å²) < 4.78 is 8.07. The maximum atomic E-state index is 5.87. The fourth-order valence-corrected chi connectivity index (χ4v) is 2.87. The Morgan fingerprint density at radius 1 is 1.33 bits per heavy atom. The van der Waals surface area contributed by atoms with Crippen LogP contribution in [0.3, 0.4) is 0 Å². The molecule has 0 fully saturated rings. The molecule has 0 aliphatic heterocycles. The van der Waals surface area contributed by atoms with Gasteiger partial charge in [-0.2, -0.15) is 0 Å². The zero-order chi connectivity index (χ0) is 15.5. The second kappa shape index (κ2) is 7.24. The van der Waals surface area contributed by atoms with E-state index in [9.17, 15) is 0 Å². The molecule has 1 heterocycles. The van der Waals surface area contributed by atoms with E-state index in [1.54, 1.807) is 0 Å². The number of oxazole rings is 1. The van der Waals surface area contributed by atoms with Crippen molar-refractivity contribution in [2.75, 3.05) is 6.54 Å². The maximum Gasteiger partial charge on any atom is 0.194 e. The molecule has 0 aliphatic rings. The lowest BCUT2D eigenvalue weighted by Crippen LogP contribution is -2.36. The SMILES string of the molecule is CC(C)(C)NCCCc1ncc(-c2cc(I)ccc2Br)o1. The van der Waals surface area contributed by atoms with Crippen LogP contribution in [0, 0.1) is 3.57 Å². The van der Waals surface area contributed by atoms with Gasteiger partial charge in [0, 0.05) is 25.6 Å². The first-order valence-corrected chi connectivity index (χ1v) is 8.87. The van der Waals surface area contributed by atoms with E-state index in [4.69, 9.17) is 4.42 Å². The van der Waals surface area contributed by atoms with Gasteiger partial charge in [0.25, 0.3) is 0 Å². The fourth-order valence-electron chi connectivity index (χ4n) is 1.94. The summed E-state index contributed by atoms with van der Waals surface area (Å²) in [6.07, 6.45) is 3.68. The van der Waals surface area contributed by atoms with E-state index in [2.05, 4.69) is 81.7 Å². The summed E-state index contributed by atoms with van der Waals surface area (Å²) in [5.74, 6) is 1.62. The van der Waals surface area contributed by atoms with E-state index in [-0.39, 0.29) is 5.54 Å². The molecule has 1 aromatic heterocycles. The van der Waals surface area contributed by atoms with E-state index in [0.717, 1.165) is 41.1 Å². The third kappa shape index (κ3) is 5.38. The number of benzene rings is 1. The standard InChI is InChI=1S/C16H20BrIN2O/c1-16(2,3)20-8-4-5-15-19-10-14(21-15)12-9-11(18)6-7-13(12)17/h6-7,9-10,20H,4-5,8H2,1-3H3. The second-order valence-electron chi connectivity index (χ2n) is 6.02. The van der Waals surface area contributed by atoms with Gasteiger partial charge < -0.3 is 9.73 Å². The van der Waals surface area contributed by atoms with Crippen molar-refractivity contribution in [3.8, 4) is 11.3 Å². The minimum atomic E-state index is 0.160. The number of rotatable bonds is 5. The Balaban J connectivity index is 1.97. The van der Waals surface area contributed by atoms with Gasteiger partial charge in [-0.25, -0.2) is 4.98 Å². The number of aryl methyl sites for hydroxylation is 1. The molecule has 114 valence electrons. The maximum absolute atomic E-state index is 5.87. The van der Waals surface area contributed by atoms with Gasteiger partial charge in [-0.3, -0.25) is 0 Å². The van der Waals surface area contributed by atoms with E-state index < -0.39 is 0 Å². The van der Waals surface area contributed by atoms with Gasteiger partial charge in [-0.15, -0.1) is 0 Å². The van der Waals surface area contributed by atoms with Crippen LogP contribution in [0.4, 0.5) is 0 Å². The Hall–Kier alpha value is -0.400. The van der Waals surface area contributed by atoms with Crippen LogP contribution in [0.15, 0.2) is 33.3 Å². The average molecular weight is 463 g/mol. The Morgan fingerprint density at radius 2 is 2.10 bits per heavy atom. The van der Waals surface area contributed by atoms with Crippen LogP contribution >= 0.6 is 38.5 Å². The molecule has 0 spiro atoms. The predicted molar refractivity (Wildman–Crippen MR) is 98.4 cm³/mol. The van der Waals surface area contributed by atoms with Crippen molar-refractivity contribution in [1.82, 2.24) is 10.3 Å². The molecular formula is C16H20BrIN2O. The van der Waals surface area contributed by atoms with E-state index >= 15 is 0 Å². The van der Waals surface area contributed by atoms with Gasteiger partial charge in [-0.05, 0) is 74.5 Å². The highest BCUT2D eigenvalue weighted by atomic mass is 127. The van der Waals surface area contributed by atoms with Crippen molar-refractivity contribution in [2.45, 2.75) is 39.2 Å². The zero-order valence-corrected chi connectivity index (χ0v) is 16.3. The molecule has 0 atom stereocenters. The molecule has 0 saturated heterocycles. The highest BCUT2D eigenvalue weighted by molar-refractivity contribution is 14.1. The molecule has 2 rings (SSSR count). The van der Waals surface area contributed by atoms with Crippen LogP contribution in [0.1, 0.15) is 33.1 Å². The lowest BCUT2D eigenvalue weighted by atomic mass is 10.1. The molecule has 0 aliphatic carbocycles. The fraction of sp³-hybridized carbons (Fsp3) is 0.438. The summed E-state index contributed by atoms with van der Waals surface area (Å²) in [6, 6.07) is 6.19. The molecule has 0 saturated carbocycles. The van der Waals surface area contributed by atoms with Gasteiger partial charge in [0.05, 0.1) is 6.20 Å². The quantitative estimate of drug-likeness (QED) is 0.500. The Labute approximate surface area is 148 Å². The number of nitrogens with one attached hydrogen (secondary N) is 1. The van der Waals surface area contributed by atoms with Crippen molar-refractivity contribution in [3.63, 3.8) is 0 Å². The summed E-state index contributed by atoms with van der Waals surface area (Å²) in [4.78, 5) is 4.38. The molecule has 21 heavy (non-hydrogen) atoms. The third-order valence-electron chi connectivity index (χ3n) is 2.97. The molecule has 0 unspecified atom stereocenters. The number of aromatic nitrogens is 1.